The summed E-state index contributed by atoms with van der Waals surface area (Å²) in [4.78, 5) is 17.9. The Morgan fingerprint density at radius 3 is 2.83 bits per heavy atom. The van der Waals surface area contributed by atoms with Crippen molar-refractivity contribution in [1.82, 2.24) is 4.98 Å². The number of benzene rings is 2. The van der Waals surface area contributed by atoms with Crippen LogP contribution in [0.1, 0.15) is 17.5 Å². The SMILES string of the molecule is O=[N+]([O-])c1ccc2c(C3=Nc4ccccc4CC3)c(O)[nH]c2c1. The quantitative estimate of drug-likeness (QED) is 0.556. The molecule has 1 aromatic heterocycles. The minimum atomic E-state index is -0.453. The second kappa shape index (κ2) is 4.95. The highest BCUT2D eigenvalue weighted by atomic mass is 16.6. The summed E-state index contributed by atoms with van der Waals surface area (Å²) in [6, 6.07) is 12.4. The summed E-state index contributed by atoms with van der Waals surface area (Å²) < 4.78 is 0. The summed E-state index contributed by atoms with van der Waals surface area (Å²) in [5.74, 6) is -0.00127. The molecule has 0 atom stereocenters. The van der Waals surface area contributed by atoms with Gasteiger partial charge in [0.1, 0.15) is 0 Å². The van der Waals surface area contributed by atoms with Crippen LogP contribution in [0.2, 0.25) is 0 Å². The number of aliphatic imine (C=N–C) groups is 1. The summed E-state index contributed by atoms with van der Waals surface area (Å²) in [6.45, 7) is 0. The van der Waals surface area contributed by atoms with Crippen LogP contribution in [-0.2, 0) is 6.42 Å². The van der Waals surface area contributed by atoms with Gasteiger partial charge in [-0.25, -0.2) is 0 Å². The fourth-order valence-corrected chi connectivity index (χ4v) is 3.04. The van der Waals surface area contributed by atoms with Gasteiger partial charge < -0.3 is 10.1 Å². The third-order valence-electron chi connectivity index (χ3n) is 4.14. The lowest BCUT2D eigenvalue weighted by molar-refractivity contribution is -0.384. The third-order valence-corrected chi connectivity index (χ3v) is 4.14. The Bertz CT molecular complexity index is 972. The lowest BCUT2D eigenvalue weighted by Crippen LogP contribution is -2.07. The van der Waals surface area contributed by atoms with Gasteiger partial charge in [0.15, 0.2) is 5.88 Å². The Labute approximate surface area is 131 Å². The number of aryl methyl sites for hydroxylation is 1. The summed E-state index contributed by atoms with van der Waals surface area (Å²) in [5, 5.41) is 21.9. The van der Waals surface area contributed by atoms with Crippen LogP contribution in [-0.4, -0.2) is 20.7 Å². The fourth-order valence-electron chi connectivity index (χ4n) is 3.04. The van der Waals surface area contributed by atoms with Crippen LogP contribution >= 0.6 is 0 Å². The lowest BCUT2D eigenvalue weighted by Gasteiger charge is -2.15. The summed E-state index contributed by atoms with van der Waals surface area (Å²) in [6.07, 6.45) is 1.57. The first kappa shape index (κ1) is 13.5. The number of para-hydroxylation sites is 1. The van der Waals surface area contributed by atoms with Crippen LogP contribution in [0.5, 0.6) is 5.88 Å². The van der Waals surface area contributed by atoms with Crippen molar-refractivity contribution in [3.05, 3.63) is 63.7 Å². The van der Waals surface area contributed by atoms with Gasteiger partial charge >= 0.3 is 0 Å². The molecule has 1 aliphatic heterocycles. The molecule has 2 heterocycles. The Hall–Kier alpha value is -3.15. The van der Waals surface area contributed by atoms with E-state index in [1.165, 1.54) is 17.7 Å². The number of fused-ring (bicyclic) bond motifs is 2. The Morgan fingerprint density at radius 2 is 2.00 bits per heavy atom. The first-order chi connectivity index (χ1) is 11.1. The molecule has 114 valence electrons. The number of nitro benzene ring substituents is 1. The largest absolute Gasteiger partial charge is 0.494 e. The second-order valence-electron chi connectivity index (χ2n) is 5.52. The number of aromatic amines is 1. The molecule has 0 saturated carbocycles. The molecule has 4 rings (SSSR count). The Kier molecular flexibility index (Phi) is 2.90. The number of nitrogens with zero attached hydrogens (tertiary/aromatic N) is 2. The number of aromatic hydroxyl groups is 1. The number of rotatable bonds is 2. The molecule has 0 bridgehead atoms. The average molecular weight is 307 g/mol. The minimum Gasteiger partial charge on any atom is -0.494 e. The zero-order valence-electron chi connectivity index (χ0n) is 12.1. The maximum Gasteiger partial charge on any atom is 0.271 e. The Morgan fingerprint density at radius 1 is 1.17 bits per heavy atom. The van der Waals surface area contributed by atoms with E-state index in [1.54, 1.807) is 6.07 Å². The number of hydrogen-bond acceptors (Lipinski definition) is 4. The highest BCUT2D eigenvalue weighted by Crippen LogP contribution is 2.35. The molecule has 2 N–H and O–H groups in total. The number of nitrogens with one attached hydrogen (secondary N) is 1. The highest BCUT2D eigenvalue weighted by Gasteiger charge is 2.21. The van der Waals surface area contributed by atoms with Gasteiger partial charge in [0.25, 0.3) is 5.69 Å². The molecule has 0 spiro atoms. The van der Waals surface area contributed by atoms with E-state index in [2.05, 4.69) is 9.98 Å². The molecule has 0 saturated heterocycles. The molecule has 0 fully saturated rings. The predicted molar refractivity (Wildman–Crippen MR) is 87.6 cm³/mol. The van der Waals surface area contributed by atoms with E-state index in [0.717, 1.165) is 23.2 Å². The molecule has 0 amide bonds. The van der Waals surface area contributed by atoms with Crippen LogP contribution in [0.15, 0.2) is 47.5 Å². The molecule has 6 heteroatoms. The maximum absolute atomic E-state index is 10.9. The fraction of sp³-hybridized carbons (Fsp3) is 0.118. The lowest BCUT2D eigenvalue weighted by atomic mass is 9.97. The van der Waals surface area contributed by atoms with Gasteiger partial charge in [0.2, 0.25) is 0 Å². The van der Waals surface area contributed by atoms with Gasteiger partial charge in [-0.15, -0.1) is 0 Å². The van der Waals surface area contributed by atoms with Gasteiger partial charge in [0, 0.05) is 17.5 Å². The van der Waals surface area contributed by atoms with E-state index < -0.39 is 4.92 Å². The van der Waals surface area contributed by atoms with Crippen LogP contribution in [0.3, 0.4) is 0 Å². The van der Waals surface area contributed by atoms with E-state index in [4.69, 9.17) is 0 Å². The second-order valence-corrected chi connectivity index (χ2v) is 5.52. The summed E-state index contributed by atoms with van der Waals surface area (Å²) >= 11 is 0. The highest BCUT2D eigenvalue weighted by molar-refractivity contribution is 6.14. The van der Waals surface area contributed by atoms with Crippen molar-refractivity contribution in [1.29, 1.82) is 0 Å². The third kappa shape index (κ3) is 2.15. The number of hydrogen-bond donors (Lipinski definition) is 2. The number of nitro groups is 1. The molecule has 3 aromatic rings. The summed E-state index contributed by atoms with van der Waals surface area (Å²) in [5.41, 5.74) is 4.04. The Balaban J connectivity index is 1.88. The average Bonchev–Trinajstić information content (AvgIpc) is 2.89. The van der Waals surface area contributed by atoms with E-state index >= 15 is 0 Å². The molecule has 0 aliphatic carbocycles. The first-order valence-electron chi connectivity index (χ1n) is 7.28. The van der Waals surface area contributed by atoms with Gasteiger partial charge in [-0.2, -0.15) is 0 Å². The molecule has 6 nitrogen and oxygen atoms in total. The van der Waals surface area contributed by atoms with Gasteiger partial charge in [-0.3, -0.25) is 15.1 Å². The standard InChI is InChI=1S/C17H13N3O3/c21-17-16(12-7-6-11(20(22)23)9-15(12)19-17)14-8-5-10-3-1-2-4-13(10)18-14/h1-4,6-7,9,19,21H,5,8H2. The van der Waals surface area contributed by atoms with Crippen LogP contribution in [0, 0.1) is 10.1 Å². The van der Waals surface area contributed by atoms with Crippen molar-refractivity contribution < 1.29 is 10.0 Å². The van der Waals surface area contributed by atoms with Gasteiger partial charge in [0.05, 0.1) is 27.4 Å². The minimum absolute atomic E-state index is 0.00127. The van der Waals surface area contributed by atoms with Crippen molar-refractivity contribution in [3.8, 4) is 5.88 Å². The molecule has 0 radical (unpaired) electrons. The number of non-ortho nitro benzene ring substituents is 1. The van der Waals surface area contributed by atoms with E-state index in [1.807, 2.05) is 24.3 Å². The topological polar surface area (TPSA) is 91.5 Å². The zero-order valence-corrected chi connectivity index (χ0v) is 12.1. The monoisotopic (exact) mass is 307 g/mol. The van der Waals surface area contributed by atoms with Crippen molar-refractivity contribution in [2.24, 2.45) is 4.99 Å². The maximum atomic E-state index is 10.9. The van der Waals surface area contributed by atoms with Crippen molar-refractivity contribution in [2.45, 2.75) is 12.8 Å². The van der Waals surface area contributed by atoms with Gasteiger partial charge in [-0.1, -0.05) is 18.2 Å². The first-order valence-corrected chi connectivity index (χ1v) is 7.28. The van der Waals surface area contributed by atoms with Crippen molar-refractivity contribution in [3.63, 3.8) is 0 Å². The van der Waals surface area contributed by atoms with Gasteiger partial charge in [-0.05, 0) is 30.5 Å². The van der Waals surface area contributed by atoms with E-state index in [0.29, 0.717) is 17.5 Å². The smallest absolute Gasteiger partial charge is 0.271 e. The number of aromatic nitrogens is 1. The van der Waals surface area contributed by atoms with Crippen LogP contribution in [0.25, 0.3) is 10.9 Å². The molecule has 2 aromatic carbocycles. The van der Waals surface area contributed by atoms with Crippen molar-refractivity contribution >= 4 is 28.0 Å². The molecule has 1 aliphatic rings. The van der Waals surface area contributed by atoms with E-state index in [-0.39, 0.29) is 11.6 Å². The van der Waals surface area contributed by atoms with Crippen molar-refractivity contribution in [2.75, 3.05) is 0 Å². The normalized spacial score (nSPS) is 13.7. The molecule has 0 unspecified atom stereocenters. The number of H-pyrrole nitrogens is 1. The summed E-state index contributed by atoms with van der Waals surface area (Å²) in [7, 11) is 0. The van der Waals surface area contributed by atoms with Crippen LogP contribution in [0.4, 0.5) is 11.4 Å². The zero-order chi connectivity index (χ0) is 16.0. The van der Waals surface area contributed by atoms with E-state index in [9.17, 15) is 15.2 Å². The molecule has 23 heavy (non-hydrogen) atoms. The van der Waals surface area contributed by atoms with Crippen LogP contribution < -0.4 is 0 Å². The predicted octanol–water partition coefficient (Wildman–Crippen LogP) is 3.85. The molecular formula is C17H13N3O3. The molecular weight excluding hydrogens is 294 g/mol.